The van der Waals surface area contributed by atoms with Crippen molar-refractivity contribution in [3.05, 3.63) is 70.2 Å². The van der Waals surface area contributed by atoms with E-state index < -0.39 is 52.0 Å². The lowest BCUT2D eigenvalue weighted by atomic mass is 9.87. The van der Waals surface area contributed by atoms with Crippen molar-refractivity contribution in [2.45, 2.75) is 57.8 Å². The Labute approximate surface area is 208 Å². The van der Waals surface area contributed by atoms with E-state index in [-0.39, 0.29) is 0 Å². The molecular weight excluding hydrogens is 526 g/mol. The zero-order valence-corrected chi connectivity index (χ0v) is 22.0. The Kier molecular flexibility index (Phi) is 7.86. The Balaban J connectivity index is 2.37. The molecule has 3 rings (SSSR count). The number of sulfonamides is 1. The smallest absolute Gasteiger partial charge is 0.342 e. The maximum absolute atomic E-state index is 13.8. The molecule has 0 spiro atoms. The third-order valence-corrected chi connectivity index (χ3v) is 6.85. The number of benzene rings is 2. The highest BCUT2D eigenvalue weighted by molar-refractivity contribution is 9.10. The summed E-state index contributed by atoms with van der Waals surface area (Å²) in [6, 6.07) is 15.3. The quantitative estimate of drug-likeness (QED) is 0.375. The van der Waals surface area contributed by atoms with Gasteiger partial charge in [0, 0.05) is 4.47 Å². The van der Waals surface area contributed by atoms with Crippen molar-refractivity contribution in [1.29, 1.82) is 0 Å². The van der Waals surface area contributed by atoms with Gasteiger partial charge in [0.05, 0.1) is 18.5 Å². The first-order valence-electron chi connectivity index (χ1n) is 10.8. The predicted molar refractivity (Wildman–Crippen MR) is 129 cm³/mol. The van der Waals surface area contributed by atoms with Gasteiger partial charge in [-0.25, -0.2) is 18.0 Å². The summed E-state index contributed by atoms with van der Waals surface area (Å²) in [6.07, 6.45) is -2.93. The van der Waals surface area contributed by atoms with Crippen molar-refractivity contribution in [1.82, 2.24) is 4.31 Å². The number of hydrogen-bond acceptors (Lipinski definition) is 7. The Morgan fingerprint density at radius 3 is 1.85 bits per heavy atom. The van der Waals surface area contributed by atoms with Crippen LogP contribution in [-0.4, -0.2) is 48.7 Å². The summed E-state index contributed by atoms with van der Waals surface area (Å²) < 4.78 is 45.3. The lowest BCUT2D eigenvalue weighted by molar-refractivity contribution is -0.177. The van der Waals surface area contributed by atoms with Gasteiger partial charge in [0.15, 0.2) is 6.23 Å². The summed E-state index contributed by atoms with van der Waals surface area (Å²) in [7, 11) is -4.22. The van der Waals surface area contributed by atoms with Crippen molar-refractivity contribution in [2.75, 3.05) is 6.26 Å². The van der Waals surface area contributed by atoms with E-state index in [2.05, 4.69) is 15.9 Å². The maximum atomic E-state index is 13.8. The second-order valence-corrected chi connectivity index (χ2v) is 11.3. The molecule has 10 heteroatoms. The van der Waals surface area contributed by atoms with Crippen molar-refractivity contribution in [2.24, 2.45) is 0 Å². The Bertz CT molecular complexity index is 1110. The van der Waals surface area contributed by atoms with Crippen LogP contribution in [0, 0.1) is 0 Å². The maximum Gasteiger partial charge on any atom is 0.342 e. The number of rotatable bonds is 7. The Morgan fingerprint density at radius 2 is 1.41 bits per heavy atom. The van der Waals surface area contributed by atoms with Crippen LogP contribution < -0.4 is 0 Å². The fourth-order valence-electron chi connectivity index (χ4n) is 3.89. The second-order valence-electron chi connectivity index (χ2n) is 8.56. The minimum Gasteiger partial charge on any atom is -0.461 e. The largest absolute Gasteiger partial charge is 0.461 e. The van der Waals surface area contributed by atoms with Gasteiger partial charge in [-0.05, 0) is 51.0 Å². The van der Waals surface area contributed by atoms with Gasteiger partial charge in [-0.1, -0.05) is 58.4 Å². The molecule has 0 aromatic heterocycles. The minimum absolute atomic E-state index is 0.414. The van der Waals surface area contributed by atoms with Crippen LogP contribution in [-0.2, 0) is 33.8 Å². The van der Waals surface area contributed by atoms with E-state index in [9.17, 15) is 18.0 Å². The van der Waals surface area contributed by atoms with Crippen LogP contribution in [0.2, 0.25) is 0 Å². The topological polar surface area (TPSA) is 99.2 Å². The van der Waals surface area contributed by atoms with Crippen LogP contribution in [0.25, 0.3) is 0 Å². The molecule has 0 aliphatic carbocycles. The van der Waals surface area contributed by atoms with Gasteiger partial charge in [0.2, 0.25) is 10.0 Å². The van der Waals surface area contributed by atoms with E-state index in [1.54, 1.807) is 82.3 Å². The van der Waals surface area contributed by atoms with Crippen LogP contribution in [0.1, 0.15) is 51.2 Å². The average Bonchev–Trinajstić information content (AvgIpc) is 3.12. The first-order valence-corrected chi connectivity index (χ1v) is 13.4. The Morgan fingerprint density at radius 1 is 0.912 bits per heavy atom. The molecule has 0 N–H and O–H groups in total. The van der Waals surface area contributed by atoms with Crippen LogP contribution in [0.5, 0.6) is 0 Å². The highest BCUT2D eigenvalue weighted by Crippen LogP contribution is 2.52. The third-order valence-electron chi connectivity index (χ3n) is 5.13. The van der Waals surface area contributed by atoms with Crippen LogP contribution in [0.15, 0.2) is 59.1 Å². The van der Waals surface area contributed by atoms with Crippen molar-refractivity contribution < 1.29 is 32.2 Å². The highest BCUT2D eigenvalue weighted by atomic mass is 79.9. The molecule has 2 aromatic carbocycles. The monoisotopic (exact) mass is 553 g/mol. The molecule has 1 saturated heterocycles. The number of hydrogen-bond donors (Lipinski definition) is 0. The standard InChI is InChI=1S/C24H28BrNO7S/c1-15(2)31-22(27)24(23(28)32-16(3)4)20(17-11-13-19(25)14-12-17)33-21(26(24)34(5,29)30)18-9-7-6-8-10-18/h6-16,20-21H,1-5H3/t20-,21+/m0/s1. The summed E-state index contributed by atoms with van der Waals surface area (Å²) >= 11 is 3.37. The van der Waals surface area contributed by atoms with Gasteiger partial charge < -0.3 is 14.2 Å². The molecule has 184 valence electrons. The fourth-order valence-corrected chi connectivity index (χ4v) is 5.44. The molecule has 1 aliphatic heterocycles. The number of carbonyl (C=O) groups excluding carboxylic acids is 2. The van der Waals surface area contributed by atoms with E-state index in [1.807, 2.05) is 0 Å². The lowest BCUT2D eigenvalue weighted by Crippen LogP contribution is -2.63. The first-order chi connectivity index (χ1) is 15.9. The summed E-state index contributed by atoms with van der Waals surface area (Å²) in [5.41, 5.74) is -1.58. The van der Waals surface area contributed by atoms with Crippen LogP contribution >= 0.6 is 15.9 Å². The molecule has 8 nitrogen and oxygen atoms in total. The zero-order chi connectivity index (χ0) is 25.3. The van der Waals surface area contributed by atoms with E-state index in [0.717, 1.165) is 15.0 Å². The normalized spacial score (nSPS) is 20.5. The van der Waals surface area contributed by atoms with Gasteiger partial charge in [-0.3, -0.25) is 0 Å². The van der Waals surface area contributed by atoms with E-state index in [4.69, 9.17) is 14.2 Å². The van der Waals surface area contributed by atoms with Gasteiger partial charge in [-0.2, -0.15) is 0 Å². The molecule has 0 amide bonds. The zero-order valence-electron chi connectivity index (χ0n) is 19.6. The van der Waals surface area contributed by atoms with E-state index in [0.29, 0.717) is 11.1 Å². The second kappa shape index (κ2) is 10.2. The lowest BCUT2D eigenvalue weighted by Gasteiger charge is -2.36. The summed E-state index contributed by atoms with van der Waals surface area (Å²) in [6.45, 7) is 6.46. The van der Waals surface area contributed by atoms with Gasteiger partial charge in [0.1, 0.15) is 6.10 Å². The average molecular weight is 554 g/mol. The van der Waals surface area contributed by atoms with Gasteiger partial charge in [0.25, 0.3) is 5.54 Å². The van der Waals surface area contributed by atoms with Crippen molar-refractivity contribution in [3.63, 3.8) is 0 Å². The van der Waals surface area contributed by atoms with E-state index in [1.165, 1.54) is 0 Å². The molecule has 0 bridgehead atoms. The van der Waals surface area contributed by atoms with Gasteiger partial charge in [-0.15, -0.1) is 4.31 Å². The number of halogens is 1. The molecule has 1 aliphatic rings. The molecule has 0 radical (unpaired) electrons. The highest BCUT2D eigenvalue weighted by Gasteiger charge is 2.71. The summed E-state index contributed by atoms with van der Waals surface area (Å²) in [4.78, 5) is 27.5. The van der Waals surface area contributed by atoms with Crippen molar-refractivity contribution >= 4 is 37.9 Å². The molecule has 0 unspecified atom stereocenters. The number of nitrogens with zero attached hydrogens (tertiary/aromatic N) is 1. The number of carbonyl (C=O) groups is 2. The fraction of sp³-hybridized carbons (Fsp3) is 0.417. The van der Waals surface area contributed by atoms with E-state index >= 15 is 0 Å². The number of ether oxygens (including phenoxy) is 3. The third kappa shape index (κ3) is 5.05. The first kappa shape index (κ1) is 26.3. The SMILES string of the molecule is CC(C)OC(=O)C1(C(=O)OC(C)C)[C@H](c2ccc(Br)cc2)O[C@H](c2ccccc2)N1S(C)(=O)=O. The van der Waals surface area contributed by atoms with Gasteiger partial charge >= 0.3 is 11.9 Å². The minimum atomic E-state index is -4.22. The number of esters is 2. The summed E-state index contributed by atoms with van der Waals surface area (Å²) in [5.74, 6) is -2.13. The molecule has 2 aromatic rings. The molecule has 1 fully saturated rings. The molecule has 2 atom stereocenters. The van der Waals surface area contributed by atoms with Crippen LogP contribution in [0.3, 0.4) is 0 Å². The van der Waals surface area contributed by atoms with Crippen molar-refractivity contribution in [3.8, 4) is 0 Å². The Hall–Kier alpha value is -2.27. The molecule has 1 heterocycles. The predicted octanol–water partition coefficient (Wildman–Crippen LogP) is 4.12. The molecule has 0 saturated carbocycles. The van der Waals surface area contributed by atoms with Crippen LogP contribution in [0.4, 0.5) is 0 Å². The summed E-state index contributed by atoms with van der Waals surface area (Å²) in [5, 5.41) is 0. The molecular formula is C24H28BrNO7S. The molecule has 34 heavy (non-hydrogen) atoms.